The van der Waals surface area contributed by atoms with Gasteiger partial charge >= 0.3 is 0 Å². The first kappa shape index (κ1) is 22.1. The number of nitrogens with zero attached hydrogens (tertiary/aromatic N) is 5. The topological polar surface area (TPSA) is 106 Å². The zero-order valence-electron chi connectivity index (χ0n) is 20.4. The van der Waals surface area contributed by atoms with E-state index in [1.54, 1.807) is 25.6 Å². The summed E-state index contributed by atoms with van der Waals surface area (Å²) in [4.78, 5) is 16.4. The predicted molar refractivity (Wildman–Crippen MR) is 140 cm³/mol. The Balaban J connectivity index is 1.21. The summed E-state index contributed by atoms with van der Waals surface area (Å²) in [7, 11) is 1.64. The Morgan fingerprint density at radius 3 is 2.84 bits per heavy atom. The van der Waals surface area contributed by atoms with Gasteiger partial charge in [0.05, 0.1) is 13.3 Å². The fourth-order valence-corrected chi connectivity index (χ4v) is 6.49. The zero-order valence-corrected chi connectivity index (χ0v) is 20.4. The Morgan fingerprint density at radius 1 is 1.11 bits per heavy atom. The van der Waals surface area contributed by atoms with E-state index >= 15 is 0 Å². The fraction of sp³-hybridized carbons (Fsp3) is 0.286. The molecule has 2 fully saturated rings. The van der Waals surface area contributed by atoms with Crippen molar-refractivity contribution in [1.82, 2.24) is 25.1 Å². The molecular weight excluding hydrogens is 469 g/mol. The van der Waals surface area contributed by atoms with Crippen LogP contribution in [0.4, 0.5) is 10.2 Å². The normalized spacial score (nSPS) is 22.8. The number of pyridine rings is 1. The van der Waals surface area contributed by atoms with Crippen LogP contribution >= 0.6 is 0 Å². The van der Waals surface area contributed by atoms with Crippen LogP contribution in [0.1, 0.15) is 12.0 Å². The number of hydrogen-bond donors (Lipinski definition) is 2. The number of piperidine rings is 1. The number of H-pyrrole nitrogens is 1. The Hall–Kier alpha value is -4.11. The highest BCUT2D eigenvalue weighted by Crippen LogP contribution is 2.63. The van der Waals surface area contributed by atoms with Crippen molar-refractivity contribution >= 4 is 27.9 Å². The lowest BCUT2D eigenvalue weighted by molar-refractivity contribution is 0.419. The van der Waals surface area contributed by atoms with Gasteiger partial charge in [-0.25, -0.2) is 14.4 Å². The lowest BCUT2D eigenvalue weighted by Crippen LogP contribution is -2.32. The van der Waals surface area contributed by atoms with Crippen molar-refractivity contribution in [2.75, 3.05) is 31.6 Å². The number of halogens is 1. The third-order valence-corrected chi connectivity index (χ3v) is 8.33. The summed E-state index contributed by atoms with van der Waals surface area (Å²) < 4.78 is 20.2. The molecule has 2 aromatic carbocycles. The summed E-state index contributed by atoms with van der Waals surface area (Å²) >= 11 is 0. The molecule has 0 spiro atoms. The van der Waals surface area contributed by atoms with Gasteiger partial charge in [0.1, 0.15) is 34.1 Å². The fourth-order valence-electron chi connectivity index (χ4n) is 6.49. The smallest absolute Gasteiger partial charge is 0.177 e. The number of rotatable bonds is 5. The van der Waals surface area contributed by atoms with Crippen molar-refractivity contribution in [3.05, 3.63) is 72.3 Å². The molecule has 1 aliphatic heterocycles. The van der Waals surface area contributed by atoms with E-state index in [9.17, 15) is 4.39 Å². The molecule has 8 nitrogen and oxygen atoms in total. The molecule has 0 amide bonds. The van der Waals surface area contributed by atoms with Crippen LogP contribution in [0.3, 0.4) is 0 Å². The minimum absolute atomic E-state index is 0.165. The first-order chi connectivity index (χ1) is 18.2. The van der Waals surface area contributed by atoms with Gasteiger partial charge in [-0.1, -0.05) is 24.3 Å². The summed E-state index contributed by atoms with van der Waals surface area (Å²) in [5.74, 6) is 2.00. The number of hydrogen-bond acceptors (Lipinski definition) is 7. The van der Waals surface area contributed by atoms with Crippen molar-refractivity contribution < 1.29 is 9.13 Å². The standard InChI is InChI=1S/C28H26FN7O/c1-37-22-9-8-17(16-5-4-11-31-24(16)22)25-26-27(35-34-25)33-23(13-32-26)36-12-10-18-20(14-36)28(18,15-30)19-6-2-3-7-21(19)29/h2-9,11,13,18,20H,10,12,14-15,30H2,1H3,(H,33,34,35)/t18-,20+,28-/m1/s1. The van der Waals surface area contributed by atoms with Crippen molar-refractivity contribution in [3.8, 4) is 17.0 Å². The quantitative estimate of drug-likeness (QED) is 0.379. The second-order valence-electron chi connectivity index (χ2n) is 9.88. The molecule has 3 atom stereocenters. The number of fused-ring (bicyclic) bond motifs is 3. The molecule has 7 rings (SSSR count). The predicted octanol–water partition coefficient (Wildman–Crippen LogP) is 4.07. The lowest BCUT2D eigenvalue weighted by Gasteiger charge is -2.26. The van der Waals surface area contributed by atoms with E-state index < -0.39 is 0 Å². The molecule has 9 heteroatoms. The van der Waals surface area contributed by atoms with Crippen molar-refractivity contribution in [1.29, 1.82) is 0 Å². The SMILES string of the molecule is COc1ccc(-c2n[nH]c3nc(N4CC[C@@H]5[C@H](C4)[C@@]5(CN)c4ccccc4F)cnc23)c2cccnc12. The van der Waals surface area contributed by atoms with Crippen LogP contribution in [-0.4, -0.2) is 51.9 Å². The number of methoxy groups -OCH3 is 1. The first-order valence-electron chi connectivity index (χ1n) is 12.5. The van der Waals surface area contributed by atoms with Crippen LogP contribution in [0.25, 0.3) is 33.3 Å². The summed E-state index contributed by atoms with van der Waals surface area (Å²) in [5, 5.41) is 8.57. The van der Waals surface area contributed by atoms with Gasteiger partial charge in [0.25, 0.3) is 0 Å². The molecule has 3 N–H and O–H groups in total. The average molecular weight is 496 g/mol. The molecule has 1 aliphatic carbocycles. The summed E-state index contributed by atoms with van der Waals surface area (Å²) in [6, 6.07) is 14.8. The largest absolute Gasteiger partial charge is 0.494 e. The lowest BCUT2D eigenvalue weighted by atomic mass is 9.91. The highest BCUT2D eigenvalue weighted by Gasteiger charge is 2.66. The molecule has 37 heavy (non-hydrogen) atoms. The minimum Gasteiger partial charge on any atom is -0.494 e. The third-order valence-electron chi connectivity index (χ3n) is 8.33. The van der Waals surface area contributed by atoms with E-state index in [-0.39, 0.29) is 17.2 Å². The van der Waals surface area contributed by atoms with Crippen LogP contribution in [0, 0.1) is 17.7 Å². The number of ether oxygens (including phenoxy) is 1. The van der Waals surface area contributed by atoms with Gasteiger partial charge in [0.2, 0.25) is 0 Å². The van der Waals surface area contributed by atoms with Crippen LogP contribution in [-0.2, 0) is 5.41 Å². The van der Waals surface area contributed by atoms with Gasteiger partial charge < -0.3 is 15.4 Å². The first-order valence-corrected chi connectivity index (χ1v) is 12.5. The van der Waals surface area contributed by atoms with E-state index in [1.165, 1.54) is 6.07 Å². The summed E-state index contributed by atoms with van der Waals surface area (Å²) in [6.07, 6.45) is 4.49. The summed E-state index contributed by atoms with van der Waals surface area (Å²) in [6.45, 7) is 2.04. The molecule has 0 bridgehead atoms. The molecule has 0 radical (unpaired) electrons. The summed E-state index contributed by atoms with van der Waals surface area (Å²) in [5.41, 5.74) is 10.4. The third kappa shape index (κ3) is 3.16. The van der Waals surface area contributed by atoms with Crippen molar-refractivity contribution in [2.24, 2.45) is 17.6 Å². The molecule has 1 saturated heterocycles. The zero-order chi connectivity index (χ0) is 25.1. The van der Waals surface area contributed by atoms with Gasteiger partial charge in [0, 0.05) is 42.2 Å². The second-order valence-corrected chi connectivity index (χ2v) is 9.88. The number of anilines is 1. The van der Waals surface area contributed by atoms with Crippen LogP contribution in [0.2, 0.25) is 0 Å². The van der Waals surface area contributed by atoms with E-state index in [1.807, 2.05) is 36.4 Å². The highest BCUT2D eigenvalue weighted by atomic mass is 19.1. The molecule has 3 aromatic heterocycles. The maximum absolute atomic E-state index is 14.7. The average Bonchev–Trinajstić information content (AvgIpc) is 3.41. The number of aromatic amines is 1. The van der Waals surface area contributed by atoms with Crippen LogP contribution in [0.15, 0.2) is 60.9 Å². The number of nitrogens with one attached hydrogen (secondary N) is 1. The molecule has 5 aromatic rings. The van der Waals surface area contributed by atoms with Crippen LogP contribution in [0.5, 0.6) is 5.75 Å². The molecule has 0 unspecified atom stereocenters. The van der Waals surface area contributed by atoms with Gasteiger partial charge in [-0.05, 0) is 48.1 Å². The Morgan fingerprint density at radius 2 is 2.00 bits per heavy atom. The molecule has 2 aliphatic rings. The number of aromatic nitrogens is 5. The Bertz CT molecular complexity index is 1650. The van der Waals surface area contributed by atoms with Crippen molar-refractivity contribution in [3.63, 3.8) is 0 Å². The Labute approximate surface area is 212 Å². The van der Waals surface area contributed by atoms with E-state index in [4.69, 9.17) is 20.4 Å². The highest BCUT2D eigenvalue weighted by molar-refractivity contribution is 6.02. The van der Waals surface area contributed by atoms with Crippen LogP contribution < -0.4 is 15.4 Å². The number of benzene rings is 2. The second kappa shape index (κ2) is 8.21. The molecular formula is C28H26FN7O. The molecule has 186 valence electrons. The Kier molecular flexibility index (Phi) is 4.91. The monoisotopic (exact) mass is 495 g/mol. The van der Waals surface area contributed by atoms with E-state index in [0.717, 1.165) is 53.1 Å². The van der Waals surface area contributed by atoms with Gasteiger partial charge in [-0.2, -0.15) is 5.10 Å². The van der Waals surface area contributed by atoms with Gasteiger partial charge in [0.15, 0.2) is 5.65 Å². The van der Waals surface area contributed by atoms with E-state index in [0.29, 0.717) is 29.4 Å². The molecule has 4 heterocycles. The molecule has 1 saturated carbocycles. The van der Waals surface area contributed by atoms with Crippen molar-refractivity contribution in [2.45, 2.75) is 11.8 Å². The maximum atomic E-state index is 14.7. The maximum Gasteiger partial charge on any atom is 0.177 e. The minimum atomic E-state index is -0.303. The van der Waals surface area contributed by atoms with E-state index in [2.05, 4.69) is 20.1 Å². The van der Waals surface area contributed by atoms with Gasteiger partial charge in [-0.15, -0.1) is 0 Å². The number of nitrogens with two attached hydrogens (primary N) is 1. The van der Waals surface area contributed by atoms with Gasteiger partial charge in [-0.3, -0.25) is 10.1 Å².